The molecule has 0 saturated carbocycles. The third-order valence-corrected chi connectivity index (χ3v) is 6.30. The van der Waals surface area contributed by atoms with Gasteiger partial charge in [-0.2, -0.15) is 0 Å². The minimum Gasteiger partial charge on any atom is -0.363 e. The molecule has 31 heavy (non-hydrogen) atoms. The van der Waals surface area contributed by atoms with Crippen LogP contribution in [0.15, 0.2) is 18.2 Å². The molecule has 2 aliphatic rings. The Morgan fingerprint density at radius 3 is 2.68 bits per heavy atom. The highest BCUT2D eigenvalue weighted by Crippen LogP contribution is 2.35. The maximum Gasteiger partial charge on any atom is 0.266 e. The average Bonchev–Trinajstić information content (AvgIpc) is 3.07. The molecule has 0 spiro atoms. The second kappa shape index (κ2) is 8.94. The molecule has 5 nitrogen and oxygen atoms in total. The summed E-state index contributed by atoms with van der Waals surface area (Å²) in [6.45, 7) is 4.44. The Morgan fingerprint density at radius 1 is 1.26 bits per heavy atom. The lowest BCUT2D eigenvalue weighted by molar-refractivity contribution is -0.122. The van der Waals surface area contributed by atoms with E-state index in [9.17, 15) is 18.0 Å². The number of anilines is 1. The summed E-state index contributed by atoms with van der Waals surface area (Å²) in [6, 6.07) is 3.53. The molecule has 2 unspecified atom stereocenters. The number of rotatable bonds is 8. The van der Waals surface area contributed by atoms with Gasteiger partial charge in [-0.15, -0.1) is 0 Å². The SMILES string of the molecule is Cc1nc2c(c(N[C@H](C)c3cccc(C(F)F)c3F)n1)CC(CCC(=O)C1CCN1)C2. The van der Waals surface area contributed by atoms with Crippen molar-refractivity contribution in [3.05, 3.63) is 52.2 Å². The number of ketones is 1. The van der Waals surface area contributed by atoms with Crippen LogP contribution in [0, 0.1) is 18.7 Å². The number of alkyl halides is 2. The first-order chi connectivity index (χ1) is 14.8. The number of halogens is 3. The number of hydrogen-bond donors (Lipinski definition) is 2. The molecule has 166 valence electrons. The van der Waals surface area contributed by atoms with Gasteiger partial charge in [0.2, 0.25) is 0 Å². The second-order valence-corrected chi connectivity index (χ2v) is 8.54. The van der Waals surface area contributed by atoms with Crippen LogP contribution in [0.5, 0.6) is 0 Å². The molecule has 2 aromatic rings. The average molecular weight is 432 g/mol. The molecule has 2 N–H and O–H groups in total. The van der Waals surface area contributed by atoms with E-state index in [2.05, 4.69) is 20.6 Å². The van der Waals surface area contributed by atoms with E-state index < -0.39 is 23.8 Å². The Kier molecular flexibility index (Phi) is 6.27. The Hall–Kier alpha value is -2.48. The quantitative estimate of drug-likeness (QED) is 0.645. The monoisotopic (exact) mass is 432 g/mol. The number of aryl methyl sites for hydroxylation is 1. The van der Waals surface area contributed by atoms with Gasteiger partial charge in [0.25, 0.3) is 6.43 Å². The lowest BCUT2D eigenvalue weighted by Crippen LogP contribution is -2.48. The number of carbonyl (C=O) groups is 1. The van der Waals surface area contributed by atoms with E-state index in [1.165, 1.54) is 12.1 Å². The van der Waals surface area contributed by atoms with Crippen molar-refractivity contribution in [3.63, 3.8) is 0 Å². The molecule has 8 heteroatoms. The van der Waals surface area contributed by atoms with Gasteiger partial charge in [-0.25, -0.2) is 23.1 Å². The highest BCUT2D eigenvalue weighted by atomic mass is 19.3. The van der Waals surface area contributed by atoms with E-state index in [4.69, 9.17) is 0 Å². The molecule has 2 heterocycles. The fourth-order valence-corrected chi connectivity index (χ4v) is 4.43. The standard InChI is InChI=1S/C23H27F3N4O/c1-12(15-4-3-5-16(21(15)24)22(25)26)28-23-17-10-14(11-19(17)29-13(2)30-23)6-7-20(31)18-8-9-27-18/h3-5,12,14,18,22,27H,6-11H2,1-2H3,(H,28,29,30)/t12-,14?,18?/m1/s1. The smallest absolute Gasteiger partial charge is 0.266 e. The molecule has 1 saturated heterocycles. The summed E-state index contributed by atoms with van der Waals surface area (Å²) in [5, 5.41) is 6.36. The predicted octanol–water partition coefficient (Wildman–Crippen LogP) is 4.46. The van der Waals surface area contributed by atoms with Gasteiger partial charge in [-0.05, 0) is 52.0 Å². The number of hydrogen-bond acceptors (Lipinski definition) is 5. The maximum absolute atomic E-state index is 14.6. The van der Waals surface area contributed by atoms with Crippen molar-refractivity contribution in [1.29, 1.82) is 0 Å². The predicted molar refractivity (Wildman–Crippen MR) is 112 cm³/mol. The number of fused-ring (bicyclic) bond motifs is 1. The van der Waals surface area contributed by atoms with Gasteiger partial charge in [0.1, 0.15) is 23.2 Å². The van der Waals surface area contributed by atoms with Crippen LogP contribution in [-0.2, 0) is 17.6 Å². The van der Waals surface area contributed by atoms with E-state index in [-0.39, 0.29) is 17.4 Å². The third kappa shape index (κ3) is 4.59. The van der Waals surface area contributed by atoms with Crippen LogP contribution in [-0.4, -0.2) is 28.3 Å². The second-order valence-electron chi connectivity index (χ2n) is 8.54. The van der Waals surface area contributed by atoms with Crippen LogP contribution in [0.25, 0.3) is 0 Å². The van der Waals surface area contributed by atoms with Gasteiger partial charge in [0, 0.05) is 23.2 Å². The van der Waals surface area contributed by atoms with Crippen LogP contribution in [0.2, 0.25) is 0 Å². The number of Topliss-reactive ketones (excluding diaryl/α,β-unsaturated/α-hetero) is 1. The number of nitrogens with zero attached hydrogens (tertiary/aromatic N) is 2. The molecule has 1 aliphatic heterocycles. The molecule has 3 atom stereocenters. The van der Waals surface area contributed by atoms with E-state index in [0.717, 1.165) is 49.6 Å². The van der Waals surface area contributed by atoms with Crippen molar-refractivity contribution in [2.45, 2.75) is 64.5 Å². The normalized spacial score (nSPS) is 21.0. The minimum absolute atomic E-state index is 0.0165. The Morgan fingerprint density at radius 2 is 2.00 bits per heavy atom. The molecular weight excluding hydrogens is 405 g/mol. The van der Waals surface area contributed by atoms with Crippen molar-refractivity contribution < 1.29 is 18.0 Å². The van der Waals surface area contributed by atoms with Crippen molar-refractivity contribution in [3.8, 4) is 0 Å². The summed E-state index contributed by atoms with van der Waals surface area (Å²) in [4.78, 5) is 21.3. The van der Waals surface area contributed by atoms with Crippen LogP contribution in [0.4, 0.5) is 19.0 Å². The fourth-order valence-electron chi connectivity index (χ4n) is 4.43. The van der Waals surface area contributed by atoms with E-state index in [0.29, 0.717) is 24.0 Å². The first-order valence-corrected chi connectivity index (χ1v) is 10.8. The van der Waals surface area contributed by atoms with Crippen LogP contribution in [0.1, 0.15) is 66.9 Å². The lowest BCUT2D eigenvalue weighted by atomic mass is 9.93. The molecule has 0 amide bonds. The maximum atomic E-state index is 14.6. The summed E-state index contributed by atoms with van der Waals surface area (Å²) in [7, 11) is 0. The van der Waals surface area contributed by atoms with Gasteiger partial charge in [0.05, 0.1) is 17.6 Å². The summed E-state index contributed by atoms with van der Waals surface area (Å²) in [6.07, 6.45) is 0.929. The number of benzene rings is 1. The highest BCUT2D eigenvalue weighted by molar-refractivity contribution is 5.84. The van der Waals surface area contributed by atoms with Gasteiger partial charge in [-0.1, -0.05) is 18.2 Å². The van der Waals surface area contributed by atoms with E-state index >= 15 is 0 Å². The van der Waals surface area contributed by atoms with Crippen molar-refractivity contribution in [2.75, 3.05) is 11.9 Å². The third-order valence-electron chi connectivity index (χ3n) is 6.30. The van der Waals surface area contributed by atoms with Gasteiger partial charge in [-0.3, -0.25) is 4.79 Å². The summed E-state index contributed by atoms with van der Waals surface area (Å²) in [5.74, 6) is 0.911. The van der Waals surface area contributed by atoms with Gasteiger partial charge < -0.3 is 10.6 Å². The lowest BCUT2D eigenvalue weighted by Gasteiger charge is -2.26. The summed E-state index contributed by atoms with van der Waals surface area (Å²) < 4.78 is 40.7. The number of aromatic nitrogens is 2. The van der Waals surface area contributed by atoms with Gasteiger partial charge >= 0.3 is 0 Å². The Bertz CT molecular complexity index is 978. The molecule has 1 aromatic carbocycles. The fraction of sp³-hybridized carbons (Fsp3) is 0.522. The van der Waals surface area contributed by atoms with E-state index in [1.807, 2.05) is 0 Å². The first-order valence-electron chi connectivity index (χ1n) is 10.8. The van der Waals surface area contributed by atoms with Crippen LogP contribution >= 0.6 is 0 Å². The molecule has 0 bridgehead atoms. The first kappa shape index (κ1) is 21.7. The van der Waals surface area contributed by atoms with Crippen molar-refractivity contribution in [1.82, 2.24) is 15.3 Å². The summed E-state index contributed by atoms with van der Waals surface area (Å²) >= 11 is 0. The molecule has 1 aromatic heterocycles. The molecule has 1 aliphatic carbocycles. The Labute approximate surface area is 179 Å². The minimum atomic E-state index is -2.86. The number of carbonyl (C=O) groups excluding carboxylic acids is 1. The molecular formula is C23H27F3N4O. The Balaban J connectivity index is 1.47. The zero-order chi connectivity index (χ0) is 22.1. The zero-order valence-corrected chi connectivity index (χ0v) is 17.7. The van der Waals surface area contributed by atoms with Crippen LogP contribution in [0.3, 0.4) is 0 Å². The topological polar surface area (TPSA) is 66.9 Å². The van der Waals surface area contributed by atoms with Crippen molar-refractivity contribution in [2.24, 2.45) is 5.92 Å². The zero-order valence-electron chi connectivity index (χ0n) is 17.7. The molecule has 4 rings (SSSR count). The molecule has 0 radical (unpaired) electrons. The van der Waals surface area contributed by atoms with Crippen molar-refractivity contribution >= 4 is 11.6 Å². The van der Waals surface area contributed by atoms with E-state index in [1.54, 1.807) is 13.8 Å². The molecule has 1 fully saturated rings. The summed E-state index contributed by atoms with van der Waals surface area (Å²) in [5.41, 5.74) is 1.50. The van der Waals surface area contributed by atoms with Gasteiger partial charge in [0.15, 0.2) is 0 Å². The number of nitrogens with one attached hydrogen (secondary N) is 2. The largest absolute Gasteiger partial charge is 0.363 e. The van der Waals surface area contributed by atoms with Crippen LogP contribution < -0.4 is 10.6 Å². The highest BCUT2D eigenvalue weighted by Gasteiger charge is 2.30.